The summed E-state index contributed by atoms with van der Waals surface area (Å²) in [4.78, 5) is 23.3. The van der Waals surface area contributed by atoms with E-state index in [1.54, 1.807) is 48.5 Å². The van der Waals surface area contributed by atoms with E-state index in [0.717, 1.165) is 0 Å². The Hall–Kier alpha value is -4.64. The molecule has 0 saturated heterocycles. The van der Waals surface area contributed by atoms with Crippen LogP contribution in [0.1, 0.15) is 12.5 Å². The van der Waals surface area contributed by atoms with Gasteiger partial charge in [0.05, 0.1) is 0 Å². The van der Waals surface area contributed by atoms with Crippen molar-refractivity contribution in [1.82, 2.24) is 0 Å². The number of ether oxygens (including phenoxy) is 2. The van der Waals surface area contributed by atoms with Crippen LogP contribution < -0.4 is 20.1 Å². The van der Waals surface area contributed by atoms with Crippen molar-refractivity contribution in [2.75, 3.05) is 23.8 Å². The Bertz CT molecular complexity index is 1200. The molecular weight excluding hydrogens is 437 g/mol. The molecule has 0 aliphatic rings. The van der Waals surface area contributed by atoms with Gasteiger partial charge in [-0.25, -0.2) is 4.39 Å². The molecular formula is C26H22FN3O4. The van der Waals surface area contributed by atoms with E-state index in [1.165, 1.54) is 37.3 Å². The molecule has 0 heterocycles. The van der Waals surface area contributed by atoms with Crippen LogP contribution in [0.3, 0.4) is 0 Å². The van der Waals surface area contributed by atoms with Gasteiger partial charge in [-0.2, -0.15) is 5.26 Å². The second-order valence-electron chi connectivity index (χ2n) is 7.10. The van der Waals surface area contributed by atoms with Gasteiger partial charge in [0.1, 0.15) is 42.2 Å². The number of nitrogens with one attached hydrogen (secondary N) is 2. The summed E-state index contributed by atoms with van der Waals surface area (Å²) in [5.41, 5.74) is 1.64. The summed E-state index contributed by atoms with van der Waals surface area (Å²) in [6.07, 6.45) is 1.45. The van der Waals surface area contributed by atoms with Crippen LogP contribution in [0, 0.1) is 17.1 Å². The predicted octanol–water partition coefficient (Wildman–Crippen LogP) is 4.79. The highest BCUT2D eigenvalue weighted by Gasteiger charge is 2.10. The van der Waals surface area contributed by atoms with Crippen LogP contribution in [-0.4, -0.2) is 25.0 Å². The second-order valence-corrected chi connectivity index (χ2v) is 7.10. The maximum atomic E-state index is 13.0. The summed E-state index contributed by atoms with van der Waals surface area (Å²) in [5, 5.41) is 14.6. The lowest BCUT2D eigenvalue weighted by Gasteiger charge is -2.09. The maximum absolute atomic E-state index is 13.0. The molecule has 0 bridgehead atoms. The highest BCUT2D eigenvalue weighted by molar-refractivity contribution is 6.09. The molecule has 2 N–H and O–H groups in total. The number of hydrogen-bond donors (Lipinski definition) is 2. The van der Waals surface area contributed by atoms with Crippen LogP contribution in [-0.2, 0) is 9.59 Å². The minimum absolute atomic E-state index is 0.0871. The van der Waals surface area contributed by atoms with Gasteiger partial charge in [-0.15, -0.1) is 0 Å². The zero-order chi connectivity index (χ0) is 24.3. The average Bonchev–Trinajstić information content (AvgIpc) is 2.83. The normalized spacial score (nSPS) is 10.7. The fourth-order valence-corrected chi connectivity index (χ4v) is 2.86. The number of nitriles is 1. The lowest BCUT2D eigenvalue weighted by Crippen LogP contribution is -2.13. The van der Waals surface area contributed by atoms with Crippen molar-refractivity contribution in [3.8, 4) is 17.6 Å². The second kappa shape index (κ2) is 11.8. The standard InChI is InChI=1S/C26H22FN3O4/c1-18(31)29-22-8-12-25(13-9-22)34-15-14-33-24-10-2-19(3-11-24)16-20(17-28)26(32)30-23-6-4-21(27)5-7-23/h2-13,16H,14-15H2,1H3,(H,29,31)(H,30,32)/b20-16+. The van der Waals surface area contributed by atoms with E-state index >= 15 is 0 Å². The Morgan fingerprint density at radius 2 is 1.35 bits per heavy atom. The number of nitrogens with zero attached hydrogens (tertiary/aromatic N) is 1. The first-order chi connectivity index (χ1) is 16.4. The monoisotopic (exact) mass is 459 g/mol. The third kappa shape index (κ3) is 7.50. The lowest BCUT2D eigenvalue weighted by atomic mass is 10.1. The molecule has 3 aromatic rings. The van der Waals surface area contributed by atoms with E-state index in [-0.39, 0.29) is 11.5 Å². The molecule has 8 heteroatoms. The molecule has 0 aromatic heterocycles. The molecule has 7 nitrogen and oxygen atoms in total. The number of benzene rings is 3. The van der Waals surface area contributed by atoms with Gasteiger partial charge in [0.25, 0.3) is 5.91 Å². The number of rotatable bonds is 9. The van der Waals surface area contributed by atoms with Gasteiger partial charge in [-0.05, 0) is 72.3 Å². The first kappa shape index (κ1) is 24.0. The zero-order valence-electron chi connectivity index (χ0n) is 18.4. The Balaban J connectivity index is 1.48. The van der Waals surface area contributed by atoms with Gasteiger partial charge in [0, 0.05) is 18.3 Å². The summed E-state index contributed by atoms with van der Waals surface area (Å²) >= 11 is 0. The van der Waals surface area contributed by atoms with Crippen molar-refractivity contribution in [1.29, 1.82) is 5.26 Å². The third-order valence-corrected chi connectivity index (χ3v) is 4.45. The van der Waals surface area contributed by atoms with Crippen LogP contribution >= 0.6 is 0 Å². The van der Waals surface area contributed by atoms with Gasteiger partial charge in [-0.1, -0.05) is 12.1 Å². The summed E-state index contributed by atoms with van der Waals surface area (Å²) in [6, 6.07) is 21.0. The molecule has 0 aliphatic heterocycles. The molecule has 172 valence electrons. The zero-order valence-corrected chi connectivity index (χ0v) is 18.4. The van der Waals surface area contributed by atoms with E-state index < -0.39 is 11.7 Å². The molecule has 2 amide bonds. The highest BCUT2D eigenvalue weighted by Crippen LogP contribution is 2.17. The minimum atomic E-state index is -0.586. The summed E-state index contributed by atoms with van der Waals surface area (Å²) < 4.78 is 24.2. The molecule has 0 spiro atoms. The smallest absolute Gasteiger partial charge is 0.266 e. The first-order valence-corrected chi connectivity index (χ1v) is 10.3. The Morgan fingerprint density at radius 1 is 0.853 bits per heavy atom. The van der Waals surface area contributed by atoms with Crippen LogP contribution in [0.5, 0.6) is 11.5 Å². The number of carbonyl (C=O) groups is 2. The number of anilines is 2. The van der Waals surface area contributed by atoms with Crippen molar-refractivity contribution in [3.05, 3.63) is 89.8 Å². The minimum Gasteiger partial charge on any atom is -0.490 e. The molecule has 0 unspecified atom stereocenters. The topological polar surface area (TPSA) is 100 Å². The van der Waals surface area contributed by atoms with Crippen LogP contribution in [0.25, 0.3) is 6.08 Å². The molecule has 3 aromatic carbocycles. The molecule has 0 aliphatic carbocycles. The molecule has 0 radical (unpaired) electrons. The number of hydrogen-bond acceptors (Lipinski definition) is 5. The van der Waals surface area contributed by atoms with Gasteiger partial charge < -0.3 is 20.1 Å². The van der Waals surface area contributed by atoms with E-state index in [1.807, 2.05) is 6.07 Å². The third-order valence-electron chi connectivity index (χ3n) is 4.45. The first-order valence-electron chi connectivity index (χ1n) is 10.3. The average molecular weight is 459 g/mol. The van der Waals surface area contributed by atoms with Gasteiger partial charge in [0.2, 0.25) is 5.91 Å². The van der Waals surface area contributed by atoms with E-state index in [4.69, 9.17) is 9.47 Å². The van der Waals surface area contributed by atoms with Crippen LogP contribution in [0.2, 0.25) is 0 Å². The molecule has 0 fully saturated rings. The quantitative estimate of drug-likeness (QED) is 0.272. The lowest BCUT2D eigenvalue weighted by molar-refractivity contribution is -0.114. The SMILES string of the molecule is CC(=O)Nc1ccc(OCCOc2ccc(/C=C(\C#N)C(=O)Nc3ccc(F)cc3)cc2)cc1. The molecule has 34 heavy (non-hydrogen) atoms. The van der Waals surface area contributed by atoms with E-state index in [0.29, 0.717) is 41.7 Å². The van der Waals surface area contributed by atoms with Crippen molar-refractivity contribution in [3.63, 3.8) is 0 Å². The van der Waals surface area contributed by atoms with Gasteiger partial charge in [0.15, 0.2) is 0 Å². The number of amides is 2. The Labute approximate surface area is 196 Å². The van der Waals surface area contributed by atoms with E-state index in [2.05, 4.69) is 10.6 Å². The van der Waals surface area contributed by atoms with Crippen molar-refractivity contribution in [2.24, 2.45) is 0 Å². The highest BCUT2D eigenvalue weighted by atomic mass is 19.1. The van der Waals surface area contributed by atoms with Gasteiger partial charge in [-0.3, -0.25) is 9.59 Å². The van der Waals surface area contributed by atoms with Crippen molar-refractivity contribution >= 4 is 29.3 Å². The number of carbonyl (C=O) groups excluding carboxylic acids is 2. The molecule has 0 atom stereocenters. The fraction of sp³-hybridized carbons (Fsp3) is 0.115. The molecule has 3 rings (SSSR count). The van der Waals surface area contributed by atoms with Crippen molar-refractivity contribution < 1.29 is 23.5 Å². The van der Waals surface area contributed by atoms with Crippen LogP contribution in [0.4, 0.5) is 15.8 Å². The number of halogens is 1. The van der Waals surface area contributed by atoms with Gasteiger partial charge >= 0.3 is 0 Å². The Morgan fingerprint density at radius 3 is 1.88 bits per heavy atom. The van der Waals surface area contributed by atoms with Crippen LogP contribution in [0.15, 0.2) is 78.4 Å². The predicted molar refractivity (Wildman–Crippen MR) is 127 cm³/mol. The van der Waals surface area contributed by atoms with Crippen molar-refractivity contribution in [2.45, 2.75) is 6.92 Å². The van der Waals surface area contributed by atoms with E-state index in [9.17, 15) is 19.2 Å². The summed E-state index contributed by atoms with van der Waals surface area (Å²) in [5.74, 6) is 0.120. The summed E-state index contributed by atoms with van der Waals surface area (Å²) in [7, 11) is 0. The Kier molecular flexibility index (Phi) is 8.36. The largest absolute Gasteiger partial charge is 0.490 e. The maximum Gasteiger partial charge on any atom is 0.266 e. The fourth-order valence-electron chi connectivity index (χ4n) is 2.86. The molecule has 0 saturated carbocycles. The summed E-state index contributed by atoms with van der Waals surface area (Å²) in [6.45, 7) is 2.08.